The van der Waals surface area contributed by atoms with Gasteiger partial charge in [0.2, 0.25) is 0 Å². The summed E-state index contributed by atoms with van der Waals surface area (Å²) in [4.78, 5) is 9.88. The number of nitrogens with zero attached hydrogens (tertiary/aromatic N) is 3. The molecule has 0 saturated carbocycles. The van der Waals surface area contributed by atoms with Crippen molar-refractivity contribution >= 4 is 21.2 Å². The molecule has 2 aromatic rings. The maximum absolute atomic E-state index is 11.9. The Morgan fingerprint density at radius 3 is 2.83 bits per heavy atom. The number of imidazole rings is 1. The van der Waals surface area contributed by atoms with Crippen molar-refractivity contribution in [2.45, 2.75) is 25.1 Å². The van der Waals surface area contributed by atoms with Gasteiger partial charge in [0.15, 0.2) is 0 Å². The van der Waals surface area contributed by atoms with Crippen molar-refractivity contribution in [3.05, 3.63) is 30.1 Å². The number of hydrogen-bond acceptors (Lipinski definition) is 5. The Labute approximate surface area is 141 Å². The monoisotopic (exact) mass is 353 g/mol. The Morgan fingerprint density at radius 2 is 2.17 bits per heavy atom. The van der Waals surface area contributed by atoms with Gasteiger partial charge in [0.05, 0.1) is 29.7 Å². The maximum Gasteiger partial charge on any atom is 0.279 e. The summed E-state index contributed by atoms with van der Waals surface area (Å²) in [6.07, 6.45) is -0.202. The zero-order valence-electron chi connectivity index (χ0n) is 13.8. The number of aromatic amines is 1. The van der Waals surface area contributed by atoms with Gasteiger partial charge in [0, 0.05) is 27.2 Å². The first-order chi connectivity index (χ1) is 11.3. The lowest BCUT2D eigenvalue weighted by Gasteiger charge is -2.36. The molecule has 0 unspecified atom stereocenters. The highest BCUT2D eigenvalue weighted by Crippen LogP contribution is 2.16. The third-order valence-electron chi connectivity index (χ3n) is 4.26. The van der Waals surface area contributed by atoms with E-state index >= 15 is 0 Å². The van der Waals surface area contributed by atoms with Gasteiger partial charge in [0.25, 0.3) is 10.2 Å². The molecule has 0 aliphatic carbocycles. The number of likely N-dealkylation sites (tertiary alicyclic amines) is 1. The van der Waals surface area contributed by atoms with E-state index in [0.717, 1.165) is 21.2 Å². The summed E-state index contributed by atoms with van der Waals surface area (Å²) in [7, 11) is -0.611. The lowest BCUT2D eigenvalue weighted by atomic mass is 10.0. The van der Waals surface area contributed by atoms with Crippen LogP contribution in [0.1, 0.15) is 12.2 Å². The minimum absolute atomic E-state index is 0.400. The van der Waals surface area contributed by atoms with Crippen molar-refractivity contribution < 1.29 is 13.5 Å². The van der Waals surface area contributed by atoms with Gasteiger partial charge >= 0.3 is 0 Å². The molecule has 8 nitrogen and oxygen atoms in total. The summed E-state index contributed by atoms with van der Waals surface area (Å²) in [5.74, 6) is 0.843. The summed E-state index contributed by atoms with van der Waals surface area (Å²) >= 11 is 0. The number of piperidine rings is 1. The van der Waals surface area contributed by atoms with E-state index in [1.165, 1.54) is 14.1 Å². The van der Waals surface area contributed by atoms with Crippen molar-refractivity contribution in [2.75, 3.05) is 27.2 Å². The molecule has 9 heteroatoms. The fraction of sp³-hybridized carbons (Fsp3) is 0.533. The van der Waals surface area contributed by atoms with Gasteiger partial charge in [-0.2, -0.15) is 17.4 Å². The number of aromatic nitrogens is 2. The largest absolute Gasteiger partial charge is 0.390 e. The molecule has 1 saturated heterocycles. The van der Waals surface area contributed by atoms with Crippen molar-refractivity contribution in [1.29, 1.82) is 0 Å². The highest BCUT2D eigenvalue weighted by Gasteiger charge is 2.31. The van der Waals surface area contributed by atoms with Gasteiger partial charge in [0.1, 0.15) is 5.82 Å². The van der Waals surface area contributed by atoms with E-state index in [9.17, 15) is 13.5 Å². The average molecular weight is 353 g/mol. The van der Waals surface area contributed by atoms with Crippen LogP contribution in [0.25, 0.3) is 11.0 Å². The van der Waals surface area contributed by atoms with Crippen LogP contribution in [-0.2, 0) is 16.8 Å². The molecule has 0 amide bonds. The van der Waals surface area contributed by atoms with Crippen LogP contribution in [0.4, 0.5) is 0 Å². The molecule has 1 aliphatic heterocycles. The second-order valence-corrected chi connectivity index (χ2v) is 8.22. The van der Waals surface area contributed by atoms with Crippen LogP contribution < -0.4 is 4.72 Å². The fourth-order valence-corrected chi connectivity index (χ4v) is 3.74. The molecule has 1 aliphatic rings. The maximum atomic E-state index is 11.9. The van der Waals surface area contributed by atoms with Crippen molar-refractivity contribution in [3.8, 4) is 0 Å². The van der Waals surface area contributed by atoms with Gasteiger partial charge in [-0.3, -0.25) is 4.90 Å². The second-order valence-electron chi connectivity index (χ2n) is 6.30. The van der Waals surface area contributed by atoms with Gasteiger partial charge in [-0.15, -0.1) is 0 Å². The summed E-state index contributed by atoms with van der Waals surface area (Å²) in [6, 6.07) is 7.36. The number of nitrogens with one attached hydrogen (secondary N) is 2. The average Bonchev–Trinajstić information content (AvgIpc) is 2.92. The Kier molecular flexibility index (Phi) is 4.88. The van der Waals surface area contributed by atoms with Crippen LogP contribution in [-0.4, -0.2) is 72.0 Å². The van der Waals surface area contributed by atoms with Crippen LogP contribution in [0.5, 0.6) is 0 Å². The SMILES string of the molecule is CN(C)S(=O)(=O)N[C@@H]1CCN(Cc2nc3ccccc3[nH]2)C[C@H]1O. The van der Waals surface area contributed by atoms with Gasteiger partial charge in [-0.05, 0) is 18.6 Å². The van der Waals surface area contributed by atoms with Crippen LogP contribution in [0.3, 0.4) is 0 Å². The second kappa shape index (κ2) is 6.77. The third-order valence-corrected chi connectivity index (χ3v) is 5.82. The Morgan fingerprint density at radius 1 is 1.42 bits per heavy atom. The van der Waals surface area contributed by atoms with E-state index in [-0.39, 0.29) is 0 Å². The van der Waals surface area contributed by atoms with Crippen LogP contribution in [0.15, 0.2) is 24.3 Å². The van der Waals surface area contributed by atoms with Crippen molar-refractivity contribution in [3.63, 3.8) is 0 Å². The third kappa shape index (κ3) is 3.76. The number of H-pyrrole nitrogens is 1. The summed E-state index contributed by atoms with van der Waals surface area (Å²) in [5.41, 5.74) is 1.91. The zero-order chi connectivity index (χ0) is 17.3. The quantitative estimate of drug-likeness (QED) is 0.696. The molecule has 0 radical (unpaired) electrons. The molecular formula is C15H23N5O3S. The van der Waals surface area contributed by atoms with E-state index in [2.05, 4.69) is 19.6 Å². The van der Waals surface area contributed by atoms with Crippen LogP contribution in [0, 0.1) is 0 Å². The topological polar surface area (TPSA) is 102 Å². The molecule has 2 atom stereocenters. The number of benzene rings is 1. The minimum Gasteiger partial charge on any atom is -0.390 e. The lowest BCUT2D eigenvalue weighted by Crippen LogP contribution is -2.55. The number of hydrogen-bond donors (Lipinski definition) is 3. The molecule has 24 heavy (non-hydrogen) atoms. The Hall–Kier alpha value is -1.52. The van der Waals surface area contributed by atoms with Crippen LogP contribution >= 0.6 is 0 Å². The van der Waals surface area contributed by atoms with E-state index in [1.807, 2.05) is 24.3 Å². The predicted octanol–water partition coefficient (Wildman–Crippen LogP) is -0.106. The predicted molar refractivity (Wildman–Crippen MR) is 91.5 cm³/mol. The van der Waals surface area contributed by atoms with Gasteiger partial charge in [-0.1, -0.05) is 12.1 Å². The standard InChI is InChI=1S/C15H23N5O3S/c1-19(2)24(22,23)18-13-7-8-20(9-14(13)21)10-15-16-11-5-3-4-6-12(11)17-15/h3-6,13-14,18,21H,7-10H2,1-2H3,(H,16,17)/t13-,14-/m1/s1. The van der Waals surface area contributed by atoms with Crippen LogP contribution in [0.2, 0.25) is 0 Å². The van der Waals surface area contributed by atoms with Crippen molar-refractivity contribution in [2.24, 2.45) is 0 Å². The Balaban J connectivity index is 1.61. The number of rotatable bonds is 5. The number of β-amino-alcohol motifs (C(OH)–C–C–N with tert-alkyl or cyclic N) is 1. The Bertz CT molecular complexity index is 771. The molecule has 1 fully saturated rings. The highest BCUT2D eigenvalue weighted by atomic mass is 32.2. The smallest absolute Gasteiger partial charge is 0.279 e. The first-order valence-electron chi connectivity index (χ1n) is 7.89. The normalized spacial score (nSPS) is 23.2. The number of para-hydroxylation sites is 2. The summed E-state index contributed by atoms with van der Waals surface area (Å²) < 4.78 is 27.4. The van der Waals surface area contributed by atoms with Gasteiger partial charge < -0.3 is 10.1 Å². The lowest BCUT2D eigenvalue weighted by molar-refractivity contribution is 0.0432. The number of aliphatic hydroxyl groups is 1. The van der Waals surface area contributed by atoms with E-state index < -0.39 is 22.4 Å². The highest BCUT2D eigenvalue weighted by molar-refractivity contribution is 7.87. The zero-order valence-corrected chi connectivity index (χ0v) is 14.6. The van der Waals surface area contributed by atoms with Crippen molar-refractivity contribution in [1.82, 2.24) is 23.9 Å². The van der Waals surface area contributed by atoms with E-state index in [4.69, 9.17) is 0 Å². The molecule has 132 valence electrons. The molecular weight excluding hydrogens is 330 g/mol. The first-order valence-corrected chi connectivity index (χ1v) is 9.33. The molecule has 3 N–H and O–H groups in total. The summed E-state index contributed by atoms with van der Waals surface area (Å²) in [6.45, 7) is 1.69. The fourth-order valence-electron chi connectivity index (χ4n) is 2.87. The molecule has 2 heterocycles. The molecule has 0 spiro atoms. The minimum atomic E-state index is -3.54. The first kappa shape index (κ1) is 17.3. The number of fused-ring (bicyclic) bond motifs is 1. The van der Waals surface area contributed by atoms with Gasteiger partial charge in [-0.25, -0.2) is 4.98 Å². The molecule has 3 rings (SSSR count). The summed E-state index contributed by atoms with van der Waals surface area (Å²) in [5, 5.41) is 10.3. The molecule has 0 bridgehead atoms. The van der Waals surface area contributed by atoms with E-state index in [1.54, 1.807) is 0 Å². The molecule has 1 aromatic heterocycles. The molecule has 1 aromatic carbocycles. The van der Waals surface area contributed by atoms with E-state index in [0.29, 0.717) is 26.1 Å². The number of aliphatic hydroxyl groups excluding tert-OH is 1.